The van der Waals surface area contributed by atoms with Crippen LogP contribution < -0.4 is 10.5 Å². The molecule has 3 aliphatic heterocycles. The van der Waals surface area contributed by atoms with Crippen LogP contribution in [-0.4, -0.2) is 71.1 Å². The van der Waals surface area contributed by atoms with Crippen molar-refractivity contribution in [2.75, 3.05) is 20.2 Å². The number of halogens is 1. The van der Waals surface area contributed by atoms with Crippen molar-refractivity contribution in [3.63, 3.8) is 0 Å². The molecule has 0 aliphatic carbocycles. The number of ether oxygens (including phenoxy) is 1. The van der Waals surface area contributed by atoms with Crippen molar-refractivity contribution in [1.29, 1.82) is 0 Å². The number of carbonyl (C=O) groups is 2. The fourth-order valence-corrected chi connectivity index (χ4v) is 5.68. The molecule has 4 rings (SSSR count). The Kier molecular flexibility index (Phi) is 7.50. The van der Waals surface area contributed by atoms with Crippen LogP contribution in [0.15, 0.2) is 24.3 Å². The van der Waals surface area contributed by atoms with Crippen molar-refractivity contribution in [3.8, 4) is 5.75 Å². The number of piperidine rings is 3. The van der Waals surface area contributed by atoms with Crippen molar-refractivity contribution in [2.45, 2.75) is 63.3 Å². The van der Waals surface area contributed by atoms with Gasteiger partial charge in [-0.25, -0.2) is 0 Å². The largest absolute Gasteiger partial charge is 0.497 e. The zero-order chi connectivity index (χ0) is 21.4. The summed E-state index contributed by atoms with van der Waals surface area (Å²) < 4.78 is 5.38. The number of hydrogen-bond donors (Lipinski definition) is 2. The van der Waals surface area contributed by atoms with Gasteiger partial charge < -0.3 is 25.4 Å². The normalized spacial score (nSPS) is 29.5. The summed E-state index contributed by atoms with van der Waals surface area (Å²) >= 11 is 0. The second-order valence-electron chi connectivity index (χ2n) is 9.15. The Hall–Kier alpha value is -1.83. The van der Waals surface area contributed by atoms with E-state index in [4.69, 9.17) is 10.5 Å². The zero-order valence-corrected chi connectivity index (χ0v) is 19.1. The highest BCUT2D eigenvalue weighted by molar-refractivity contribution is 5.85. The Balaban J connectivity index is 0.00000272. The molecule has 172 valence electrons. The SMILES string of the molecule is COc1cccc(C[C@H]2[C@H]3C[C@H](CN(C(=O)[C@@H](N)[C@@H](C)O)C3)[C@@H]3CCCC(=O)N32)c1.Cl. The Morgan fingerprint density at radius 3 is 2.77 bits per heavy atom. The highest BCUT2D eigenvalue weighted by Gasteiger charge is 2.50. The van der Waals surface area contributed by atoms with Crippen molar-refractivity contribution < 1.29 is 19.4 Å². The van der Waals surface area contributed by atoms with E-state index in [0.29, 0.717) is 19.5 Å². The van der Waals surface area contributed by atoms with Gasteiger partial charge in [0, 0.05) is 31.6 Å². The predicted octanol–water partition coefficient (Wildman–Crippen LogP) is 1.60. The summed E-state index contributed by atoms with van der Waals surface area (Å²) in [6.07, 6.45) is 3.41. The molecule has 7 nitrogen and oxygen atoms in total. The molecule has 0 radical (unpaired) electrons. The number of benzene rings is 1. The minimum Gasteiger partial charge on any atom is -0.497 e. The molecule has 1 aromatic carbocycles. The van der Waals surface area contributed by atoms with Gasteiger partial charge >= 0.3 is 0 Å². The number of methoxy groups -OCH3 is 1. The number of aliphatic hydroxyl groups is 1. The molecular weight excluding hydrogens is 418 g/mol. The van der Waals surface area contributed by atoms with Crippen LogP contribution in [0.25, 0.3) is 0 Å². The molecule has 0 unspecified atom stereocenters. The fraction of sp³-hybridized carbons (Fsp3) is 0.652. The molecular formula is C23H34ClN3O4. The van der Waals surface area contributed by atoms with Crippen LogP contribution in [0.1, 0.15) is 38.2 Å². The monoisotopic (exact) mass is 451 g/mol. The molecule has 3 fully saturated rings. The number of fused-ring (bicyclic) bond motifs is 4. The minimum absolute atomic E-state index is 0. The zero-order valence-electron chi connectivity index (χ0n) is 18.3. The maximum atomic E-state index is 13.0. The molecule has 6 atom stereocenters. The van der Waals surface area contributed by atoms with Crippen molar-refractivity contribution >= 4 is 24.2 Å². The maximum Gasteiger partial charge on any atom is 0.242 e. The molecule has 3 aliphatic rings. The van der Waals surface area contributed by atoms with Crippen LogP contribution in [0.3, 0.4) is 0 Å². The van der Waals surface area contributed by atoms with E-state index in [9.17, 15) is 14.7 Å². The van der Waals surface area contributed by atoms with E-state index in [-0.39, 0.29) is 48.1 Å². The first-order valence-electron chi connectivity index (χ1n) is 11.1. The van der Waals surface area contributed by atoms with E-state index in [1.807, 2.05) is 23.1 Å². The lowest BCUT2D eigenvalue weighted by atomic mass is 9.70. The molecule has 0 aromatic heterocycles. The van der Waals surface area contributed by atoms with Crippen LogP contribution in [0.4, 0.5) is 0 Å². The first-order chi connectivity index (χ1) is 14.4. The number of carbonyl (C=O) groups excluding carboxylic acids is 2. The molecule has 1 aromatic rings. The first-order valence-corrected chi connectivity index (χ1v) is 11.1. The van der Waals surface area contributed by atoms with Gasteiger partial charge in [0.05, 0.1) is 13.2 Å². The third kappa shape index (κ3) is 4.69. The maximum absolute atomic E-state index is 13.0. The topological polar surface area (TPSA) is 96.1 Å². The molecule has 3 saturated heterocycles. The number of aliphatic hydroxyl groups excluding tert-OH is 1. The summed E-state index contributed by atoms with van der Waals surface area (Å²) in [4.78, 5) is 29.8. The lowest BCUT2D eigenvalue weighted by Gasteiger charge is -2.57. The summed E-state index contributed by atoms with van der Waals surface area (Å²) in [5.74, 6) is 1.36. The van der Waals surface area contributed by atoms with Gasteiger partial charge in [-0.15, -0.1) is 12.4 Å². The van der Waals surface area contributed by atoms with Crippen LogP contribution in [0, 0.1) is 11.8 Å². The highest BCUT2D eigenvalue weighted by Crippen LogP contribution is 2.42. The van der Waals surface area contributed by atoms with Crippen LogP contribution in [-0.2, 0) is 16.0 Å². The predicted molar refractivity (Wildman–Crippen MR) is 120 cm³/mol. The summed E-state index contributed by atoms with van der Waals surface area (Å²) in [7, 11) is 1.66. The van der Waals surface area contributed by atoms with Crippen molar-refractivity contribution in [3.05, 3.63) is 29.8 Å². The Bertz CT molecular complexity index is 805. The number of amides is 2. The van der Waals surface area contributed by atoms with Gasteiger partial charge in [-0.3, -0.25) is 9.59 Å². The third-order valence-corrected chi connectivity index (χ3v) is 7.19. The van der Waals surface area contributed by atoms with Gasteiger partial charge in [-0.2, -0.15) is 0 Å². The van der Waals surface area contributed by atoms with Gasteiger partial charge in [-0.05, 0) is 62.1 Å². The Morgan fingerprint density at radius 2 is 2.06 bits per heavy atom. The lowest BCUT2D eigenvalue weighted by Crippen LogP contribution is -2.67. The fourth-order valence-electron chi connectivity index (χ4n) is 5.68. The van der Waals surface area contributed by atoms with Crippen LogP contribution in [0.2, 0.25) is 0 Å². The summed E-state index contributed by atoms with van der Waals surface area (Å²) in [5.41, 5.74) is 7.10. The van der Waals surface area contributed by atoms with Crippen LogP contribution in [0.5, 0.6) is 5.75 Å². The quantitative estimate of drug-likeness (QED) is 0.708. The van der Waals surface area contributed by atoms with Crippen LogP contribution >= 0.6 is 12.4 Å². The Morgan fingerprint density at radius 1 is 1.32 bits per heavy atom. The van der Waals surface area contributed by atoms with Gasteiger partial charge in [0.1, 0.15) is 11.8 Å². The van der Waals surface area contributed by atoms with Gasteiger partial charge in [0.2, 0.25) is 11.8 Å². The van der Waals surface area contributed by atoms with E-state index in [1.165, 1.54) is 0 Å². The molecule has 31 heavy (non-hydrogen) atoms. The van der Waals surface area contributed by atoms with E-state index in [0.717, 1.165) is 37.0 Å². The average Bonchev–Trinajstić information content (AvgIpc) is 2.75. The summed E-state index contributed by atoms with van der Waals surface area (Å²) in [5, 5.41) is 9.81. The average molecular weight is 452 g/mol. The number of rotatable bonds is 5. The first kappa shape index (κ1) is 23.8. The second-order valence-corrected chi connectivity index (χ2v) is 9.15. The molecule has 8 heteroatoms. The molecule has 3 heterocycles. The van der Waals surface area contributed by atoms with Gasteiger partial charge in [-0.1, -0.05) is 12.1 Å². The summed E-state index contributed by atoms with van der Waals surface area (Å²) in [6.45, 7) is 2.76. The number of hydrogen-bond acceptors (Lipinski definition) is 5. The van der Waals surface area contributed by atoms with E-state index < -0.39 is 12.1 Å². The number of likely N-dealkylation sites (tertiary alicyclic amines) is 1. The molecule has 0 spiro atoms. The van der Waals surface area contributed by atoms with E-state index in [1.54, 1.807) is 14.0 Å². The lowest BCUT2D eigenvalue weighted by molar-refractivity contribution is -0.157. The van der Waals surface area contributed by atoms with E-state index in [2.05, 4.69) is 11.0 Å². The molecule has 3 N–H and O–H groups in total. The van der Waals surface area contributed by atoms with Crippen molar-refractivity contribution in [1.82, 2.24) is 9.80 Å². The minimum atomic E-state index is -0.898. The standard InChI is InChI=1S/C23H33N3O4.ClH/c1-14(27)22(24)23(29)25-12-16-11-17(13-25)20(26-19(16)7-4-8-21(26)28)10-15-5-3-6-18(9-15)30-2;/h3,5-6,9,14,16-17,19-20,22,27H,4,7-8,10-13,24H2,1-2H3;1H/t14-,16-,17+,19+,20+,22+;/m1./s1. The molecule has 2 amide bonds. The number of nitrogens with two attached hydrogens (primary N) is 1. The second kappa shape index (κ2) is 9.76. The summed E-state index contributed by atoms with van der Waals surface area (Å²) in [6, 6.07) is 7.35. The van der Waals surface area contributed by atoms with E-state index >= 15 is 0 Å². The number of nitrogens with zero attached hydrogens (tertiary/aromatic N) is 2. The van der Waals surface area contributed by atoms with Crippen molar-refractivity contribution in [2.24, 2.45) is 17.6 Å². The highest BCUT2D eigenvalue weighted by atomic mass is 35.5. The van der Waals surface area contributed by atoms with Gasteiger partial charge in [0.25, 0.3) is 0 Å². The van der Waals surface area contributed by atoms with Gasteiger partial charge in [0.15, 0.2) is 0 Å². The molecule has 2 bridgehead atoms. The third-order valence-electron chi connectivity index (χ3n) is 7.19. The molecule has 0 saturated carbocycles. The Labute approximate surface area is 190 Å². The smallest absolute Gasteiger partial charge is 0.242 e.